The van der Waals surface area contributed by atoms with E-state index in [1.165, 1.54) is 37.5 Å². The second-order valence-electron chi connectivity index (χ2n) is 8.03. The molecule has 0 unspecified atom stereocenters. The minimum absolute atomic E-state index is 0.0957. The number of amides is 2. The van der Waals surface area contributed by atoms with Gasteiger partial charge >= 0.3 is 5.97 Å². The van der Waals surface area contributed by atoms with Crippen LogP contribution >= 0.6 is 0 Å². The average molecular weight is 517 g/mol. The van der Waals surface area contributed by atoms with Gasteiger partial charge in [-0.05, 0) is 42.0 Å². The summed E-state index contributed by atoms with van der Waals surface area (Å²) in [6.07, 6.45) is 2.72. The highest BCUT2D eigenvalue weighted by atomic mass is 16.6. The summed E-state index contributed by atoms with van der Waals surface area (Å²) in [6.45, 7) is -0.150. The summed E-state index contributed by atoms with van der Waals surface area (Å²) >= 11 is 0. The van der Waals surface area contributed by atoms with Crippen LogP contribution in [0.1, 0.15) is 38.3 Å². The monoisotopic (exact) mass is 517 g/mol. The Morgan fingerprint density at radius 1 is 0.895 bits per heavy atom. The fourth-order valence-electron chi connectivity index (χ4n) is 3.82. The first kappa shape index (κ1) is 25.7. The lowest BCUT2D eigenvalue weighted by molar-refractivity contribution is -0.394. The first-order valence-corrected chi connectivity index (χ1v) is 11.1. The summed E-state index contributed by atoms with van der Waals surface area (Å²) in [5.74, 6) is -1.34. The summed E-state index contributed by atoms with van der Waals surface area (Å²) in [5.41, 5.74) is 0.449. The molecule has 38 heavy (non-hydrogen) atoms. The Bertz CT molecular complexity index is 1480. The third-order valence-electron chi connectivity index (χ3n) is 5.71. The number of fused-ring (bicyclic) bond motifs is 1. The van der Waals surface area contributed by atoms with Crippen molar-refractivity contribution < 1.29 is 33.7 Å². The second-order valence-corrected chi connectivity index (χ2v) is 8.03. The molecule has 4 rings (SSSR count). The number of carbonyl (C=O) groups excluding carboxylic acids is 3. The van der Waals surface area contributed by atoms with Crippen molar-refractivity contribution in [3.05, 3.63) is 103 Å². The number of nitro groups is 2. The number of hydrogen-bond acceptors (Lipinski definition) is 9. The number of rotatable bonds is 9. The SMILES string of the molecule is COc1cc(C=Cc2ccc([N+](=O)[O-])cc2[N+](=O)[O-])ccc1OC(=O)CCN1C(=O)c2ccccc2C1=O. The average Bonchev–Trinajstić information content (AvgIpc) is 3.15. The van der Waals surface area contributed by atoms with E-state index >= 15 is 0 Å². The Labute approximate surface area is 215 Å². The Balaban J connectivity index is 1.43. The van der Waals surface area contributed by atoms with Gasteiger partial charge in [0.05, 0.1) is 46.1 Å². The molecule has 0 fully saturated rings. The van der Waals surface area contributed by atoms with Crippen molar-refractivity contribution in [2.24, 2.45) is 0 Å². The molecule has 0 saturated heterocycles. The lowest BCUT2D eigenvalue weighted by Crippen LogP contribution is -2.32. The van der Waals surface area contributed by atoms with Crippen LogP contribution in [-0.4, -0.2) is 46.2 Å². The van der Waals surface area contributed by atoms with Crippen LogP contribution in [0.15, 0.2) is 60.7 Å². The van der Waals surface area contributed by atoms with Crippen LogP contribution in [0.25, 0.3) is 12.2 Å². The van der Waals surface area contributed by atoms with Crippen LogP contribution < -0.4 is 9.47 Å². The predicted octanol–water partition coefficient (Wildman–Crippen LogP) is 4.27. The van der Waals surface area contributed by atoms with Crippen LogP contribution in [0.3, 0.4) is 0 Å². The zero-order chi connectivity index (χ0) is 27.4. The van der Waals surface area contributed by atoms with Gasteiger partial charge in [0.25, 0.3) is 23.2 Å². The molecule has 12 heteroatoms. The molecule has 0 spiro atoms. The molecule has 3 aromatic carbocycles. The number of benzene rings is 3. The quantitative estimate of drug-likeness (QED) is 0.101. The zero-order valence-electron chi connectivity index (χ0n) is 19.9. The standard InChI is InChI=1S/C26H19N3O9/c1-37-23-14-16(6-8-17-9-10-18(28(33)34)15-21(17)29(35)36)7-11-22(23)38-24(30)12-13-27-25(31)19-4-2-3-5-20(19)26(27)32/h2-11,14-15H,12-13H2,1H3. The van der Waals surface area contributed by atoms with Gasteiger partial charge in [-0.15, -0.1) is 0 Å². The van der Waals surface area contributed by atoms with Gasteiger partial charge in [-0.2, -0.15) is 0 Å². The minimum atomic E-state index is -0.717. The van der Waals surface area contributed by atoms with Crippen LogP contribution in [0.4, 0.5) is 11.4 Å². The van der Waals surface area contributed by atoms with E-state index in [2.05, 4.69) is 0 Å². The molecule has 1 heterocycles. The van der Waals surface area contributed by atoms with Gasteiger partial charge in [0.15, 0.2) is 11.5 Å². The van der Waals surface area contributed by atoms with Crippen molar-refractivity contribution in [3.63, 3.8) is 0 Å². The summed E-state index contributed by atoms with van der Waals surface area (Å²) in [6, 6.07) is 14.3. The van der Waals surface area contributed by atoms with E-state index in [1.807, 2.05) is 0 Å². The van der Waals surface area contributed by atoms with Crippen LogP contribution in [0.2, 0.25) is 0 Å². The molecular weight excluding hydrogens is 498 g/mol. The second kappa shape index (κ2) is 10.7. The number of nitrogens with zero attached hydrogens (tertiary/aromatic N) is 3. The zero-order valence-corrected chi connectivity index (χ0v) is 19.9. The highest BCUT2D eigenvalue weighted by Gasteiger charge is 2.35. The fraction of sp³-hybridized carbons (Fsp3) is 0.115. The Hall–Kier alpha value is -5.39. The molecule has 192 valence electrons. The van der Waals surface area contributed by atoms with E-state index in [0.717, 1.165) is 17.0 Å². The van der Waals surface area contributed by atoms with E-state index in [9.17, 15) is 34.6 Å². The van der Waals surface area contributed by atoms with Crippen LogP contribution in [0, 0.1) is 20.2 Å². The van der Waals surface area contributed by atoms with Gasteiger partial charge in [0, 0.05) is 12.6 Å². The largest absolute Gasteiger partial charge is 0.493 e. The molecule has 0 radical (unpaired) electrons. The molecule has 1 aliphatic rings. The van der Waals surface area contributed by atoms with E-state index in [-0.39, 0.29) is 41.2 Å². The molecule has 0 aliphatic carbocycles. The smallest absolute Gasteiger partial charge is 0.313 e. The Morgan fingerprint density at radius 3 is 2.18 bits per heavy atom. The minimum Gasteiger partial charge on any atom is -0.493 e. The third-order valence-corrected chi connectivity index (χ3v) is 5.71. The maximum absolute atomic E-state index is 12.4. The number of carbonyl (C=O) groups is 3. The van der Waals surface area contributed by atoms with Gasteiger partial charge in [0.2, 0.25) is 0 Å². The van der Waals surface area contributed by atoms with Crippen molar-refractivity contribution in [2.45, 2.75) is 6.42 Å². The van der Waals surface area contributed by atoms with Gasteiger partial charge in [-0.1, -0.05) is 24.3 Å². The van der Waals surface area contributed by atoms with Crippen molar-refractivity contribution in [3.8, 4) is 11.5 Å². The highest BCUT2D eigenvalue weighted by molar-refractivity contribution is 6.21. The van der Waals surface area contributed by atoms with Gasteiger partial charge in [0.1, 0.15) is 0 Å². The molecule has 0 bridgehead atoms. The van der Waals surface area contributed by atoms with E-state index in [0.29, 0.717) is 5.56 Å². The predicted molar refractivity (Wildman–Crippen MR) is 134 cm³/mol. The third kappa shape index (κ3) is 5.23. The Morgan fingerprint density at radius 2 is 1.58 bits per heavy atom. The summed E-state index contributed by atoms with van der Waals surface area (Å²) < 4.78 is 10.6. The maximum Gasteiger partial charge on any atom is 0.313 e. The topological polar surface area (TPSA) is 159 Å². The van der Waals surface area contributed by atoms with Crippen molar-refractivity contribution in [1.82, 2.24) is 4.90 Å². The van der Waals surface area contributed by atoms with Gasteiger partial charge in [-0.25, -0.2) is 0 Å². The van der Waals surface area contributed by atoms with Crippen molar-refractivity contribution in [2.75, 3.05) is 13.7 Å². The van der Waals surface area contributed by atoms with E-state index in [1.54, 1.807) is 30.3 Å². The Kier molecular flexibility index (Phi) is 7.24. The molecular formula is C26H19N3O9. The normalized spacial score (nSPS) is 12.5. The molecule has 3 aromatic rings. The summed E-state index contributed by atoms with van der Waals surface area (Å²) in [7, 11) is 1.36. The number of ether oxygens (including phenoxy) is 2. The number of non-ortho nitro benzene ring substituents is 1. The molecule has 0 N–H and O–H groups in total. The first-order valence-electron chi connectivity index (χ1n) is 11.1. The molecule has 2 amide bonds. The number of hydrogen-bond donors (Lipinski definition) is 0. The molecule has 1 aliphatic heterocycles. The molecule has 12 nitrogen and oxygen atoms in total. The number of esters is 1. The van der Waals surface area contributed by atoms with Crippen LogP contribution in [0.5, 0.6) is 11.5 Å². The van der Waals surface area contributed by atoms with Crippen molar-refractivity contribution >= 4 is 41.3 Å². The molecule has 0 atom stereocenters. The first-order chi connectivity index (χ1) is 18.2. The lowest BCUT2D eigenvalue weighted by atomic mass is 10.1. The fourth-order valence-corrected chi connectivity index (χ4v) is 3.82. The summed E-state index contributed by atoms with van der Waals surface area (Å²) in [4.78, 5) is 59.1. The van der Waals surface area contributed by atoms with E-state index < -0.39 is 39.0 Å². The van der Waals surface area contributed by atoms with Gasteiger partial charge in [-0.3, -0.25) is 39.5 Å². The molecule has 0 saturated carbocycles. The van der Waals surface area contributed by atoms with Crippen molar-refractivity contribution in [1.29, 1.82) is 0 Å². The number of nitro benzene ring substituents is 2. The maximum atomic E-state index is 12.4. The summed E-state index contributed by atoms with van der Waals surface area (Å²) in [5, 5.41) is 22.2. The van der Waals surface area contributed by atoms with E-state index in [4.69, 9.17) is 9.47 Å². The number of imide groups is 1. The highest BCUT2D eigenvalue weighted by Crippen LogP contribution is 2.31. The van der Waals surface area contributed by atoms with Crippen LogP contribution in [-0.2, 0) is 4.79 Å². The molecule has 0 aromatic heterocycles. The van der Waals surface area contributed by atoms with Gasteiger partial charge < -0.3 is 9.47 Å². The number of methoxy groups -OCH3 is 1. The lowest BCUT2D eigenvalue weighted by Gasteiger charge is -2.14.